The average molecular weight is 340 g/mol. The molecule has 1 heterocycles. The summed E-state index contributed by atoms with van der Waals surface area (Å²) in [7, 11) is 0. The maximum atomic E-state index is 12.1. The van der Waals surface area contributed by atoms with Gasteiger partial charge in [-0.2, -0.15) is 0 Å². The molecule has 0 radical (unpaired) electrons. The lowest BCUT2D eigenvalue weighted by Gasteiger charge is -2.28. The minimum atomic E-state index is -0.863. The highest BCUT2D eigenvalue weighted by Crippen LogP contribution is 2.21. The highest BCUT2D eigenvalue weighted by Gasteiger charge is 2.26. The molecule has 0 bridgehead atoms. The highest BCUT2D eigenvalue weighted by atomic mass is 16.5. The van der Waals surface area contributed by atoms with Crippen molar-refractivity contribution in [1.29, 1.82) is 0 Å². The van der Waals surface area contributed by atoms with Crippen molar-refractivity contribution in [3.05, 3.63) is 65.7 Å². The van der Waals surface area contributed by atoms with E-state index in [-0.39, 0.29) is 25.0 Å². The summed E-state index contributed by atoms with van der Waals surface area (Å²) < 4.78 is 5.14. The van der Waals surface area contributed by atoms with E-state index in [0.717, 1.165) is 5.56 Å². The van der Waals surface area contributed by atoms with Crippen LogP contribution in [0.5, 0.6) is 0 Å². The number of amides is 2. The van der Waals surface area contributed by atoms with Gasteiger partial charge in [-0.05, 0) is 23.3 Å². The van der Waals surface area contributed by atoms with Crippen molar-refractivity contribution >= 4 is 17.5 Å². The number of carbonyl (C=O) groups is 2. The number of hydrogen-bond donors (Lipinski definition) is 3. The Morgan fingerprint density at radius 1 is 1.20 bits per heavy atom. The molecule has 0 spiro atoms. The first-order valence-electron chi connectivity index (χ1n) is 8.11. The summed E-state index contributed by atoms with van der Waals surface area (Å²) in [6, 6.07) is 15.9. The van der Waals surface area contributed by atoms with Gasteiger partial charge >= 0.3 is 0 Å². The molecule has 25 heavy (non-hydrogen) atoms. The van der Waals surface area contributed by atoms with Crippen molar-refractivity contribution in [2.75, 3.05) is 18.5 Å². The molecule has 0 aliphatic carbocycles. The summed E-state index contributed by atoms with van der Waals surface area (Å²) in [4.78, 5) is 23.4. The van der Waals surface area contributed by atoms with Crippen LogP contribution in [0, 0.1) is 0 Å². The number of rotatable bonds is 5. The quantitative estimate of drug-likeness (QED) is 0.768. The van der Waals surface area contributed by atoms with Gasteiger partial charge in [-0.25, -0.2) is 0 Å². The summed E-state index contributed by atoms with van der Waals surface area (Å²) in [6.07, 6.45) is -0.560. The molecular formula is C19H20N2O4. The van der Waals surface area contributed by atoms with E-state index in [2.05, 4.69) is 10.6 Å². The number of carbonyl (C=O) groups excluding carboxylic acids is 2. The third kappa shape index (κ3) is 4.65. The standard InChI is InChI=1S/C19H20N2O4/c22-17(10-13-4-2-1-3-5-13)20-15-8-6-14(7-9-15)19(24)16-11-25-12-18(23)21-16/h1-9,16,19,24H,10-12H2,(H,20,22)(H,21,23)/t16-,19-/m1/s1. The first kappa shape index (κ1) is 17.1. The van der Waals surface area contributed by atoms with Crippen LogP contribution in [0.1, 0.15) is 17.2 Å². The number of nitrogens with one attached hydrogen (secondary N) is 2. The van der Waals surface area contributed by atoms with Crippen LogP contribution >= 0.6 is 0 Å². The number of morpholine rings is 1. The molecule has 0 unspecified atom stereocenters. The lowest BCUT2D eigenvalue weighted by molar-refractivity contribution is -0.133. The Morgan fingerprint density at radius 2 is 1.92 bits per heavy atom. The van der Waals surface area contributed by atoms with Gasteiger partial charge in [-0.3, -0.25) is 9.59 Å². The molecule has 0 aromatic heterocycles. The van der Waals surface area contributed by atoms with E-state index in [4.69, 9.17) is 4.74 Å². The van der Waals surface area contributed by atoms with Crippen LogP contribution in [0.2, 0.25) is 0 Å². The normalized spacial score (nSPS) is 18.3. The molecule has 2 atom stereocenters. The fourth-order valence-electron chi connectivity index (χ4n) is 2.72. The van der Waals surface area contributed by atoms with Crippen LogP contribution < -0.4 is 10.6 Å². The van der Waals surface area contributed by atoms with Crippen LogP contribution in [-0.2, 0) is 20.7 Å². The number of benzene rings is 2. The van der Waals surface area contributed by atoms with Crippen molar-refractivity contribution in [2.45, 2.75) is 18.6 Å². The second kappa shape index (κ2) is 7.92. The Kier molecular flexibility index (Phi) is 5.42. The van der Waals surface area contributed by atoms with E-state index in [1.165, 1.54) is 0 Å². The van der Waals surface area contributed by atoms with Crippen LogP contribution in [-0.4, -0.2) is 36.2 Å². The van der Waals surface area contributed by atoms with E-state index < -0.39 is 12.1 Å². The fourth-order valence-corrected chi connectivity index (χ4v) is 2.72. The van der Waals surface area contributed by atoms with Gasteiger partial charge < -0.3 is 20.5 Å². The third-order valence-corrected chi connectivity index (χ3v) is 4.00. The zero-order valence-electron chi connectivity index (χ0n) is 13.6. The molecule has 1 fully saturated rings. The SMILES string of the molecule is O=C(Cc1ccccc1)Nc1ccc([C@@H](O)[C@H]2COCC(=O)N2)cc1. The number of anilines is 1. The Morgan fingerprint density at radius 3 is 2.60 bits per heavy atom. The van der Waals surface area contributed by atoms with Gasteiger partial charge in [0.25, 0.3) is 0 Å². The number of hydrogen-bond acceptors (Lipinski definition) is 4. The summed E-state index contributed by atoms with van der Waals surface area (Å²) in [6.45, 7) is 0.290. The van der Waals surface area contributed by atoms with Gasteiger partial charge in [0.05, 0.1) is 19.1 Å². The lowest BCUT2D eigenvalue weighted by atomic mass is 10.0. The van der Waals surface area contributed by atoms with Gasteiger partial charge in [-0.15, -0.1) is 0 Å². The summed E-state index contributed by atoms with van der Waals surface area (Å²) in [5, 5.41) is 15.9. The second-order valence-corrected chi connectivity index (χ2v) is 5.97. The monoisotopic (exact) mass is 340 g/mol. The predicted octanol–water partition coefficient (Wildman–Crippen LogP) is 1.42. The van der Waals surface area contributed by atoms with Crippen molar-refractivity contribution in [1.82, 2.24) is 5.32 Å². The Bertz CT molecular complexity index is 731. The number of aliphatic hydroxyl groups excluding tert-OH is 1. The van der Waals surface area contributed by atoms with Crippen LogP contribution in [0.3, 0.4) is 0 Å². The first-order valence-corrected chi connectivity index (χ1v) is 8.11. The molecule has 3 rings (SSSR count). The molecule has 1 saturated heterocycles. The van der Waals surface area contributed by atoms with E-state index >= 15 is 0 Å². The molecule has 130 valence electrons. The minimum absolute atomic E-state index is 0.0234. The van der Waals surface area contributed by atoms with Gasteiger partial charge in [0.1, 0.15) is 12.7 Å². The molecule has 2 aromatic rings. The molecule has 6 heteroatoms. The summed E-state index contributed by atoms with van der Waals surface area (Å²) in [5.41, 5.74) is 2.25. The van der Waals surface area contributed by atoms with E-state index in [9.17, 15) is 14.7 Å². The van der Waals surface area contributed by atoms with E-state index in [1.54, 1.807) is 24.3 Å². The highest BCUT2D eigenvalue weighted by molar-refractivity contribution is 5.92. The first-order chi connectivity index (χ1) is 12.1. The number of ether oxygens (including phenoxy) is 1. The Labute approximate surface area is 145 Å². The lowest BCUT2D eigenvalue weighted by Crippen LogP contribution is -2.48. The summed E-state index contributed by atoms with van der Waals surface area (Å²) >= 11 is 0. The van der Waals surface area contributed by atoms with Crippen LogP contribution in [0.4, 0.5) is 5.69 Å². The van der Waals surface area contributed by atoms with Crippen molar-refractivity contribution in [2.24, 2.45) is 0 Å². The zero-order valence-corrected chi connectivity index (χ0v) is 13.6. The second-order valence-electron chi connectivity index (χ2n) is 5.97. The molecule has 3 N–H and O–H groups in total. The molecular weight excluding hydrogens is 320 g/mol. The van der Waals surface area contributed by atoms with Crippen molar-refractivity contribution in [3.63, 3.8) is 0 Å². The number of aliphatic hydroxyl groups is 1. The van der Waals surface area contributed by atoms with Crippen LogP contribution in [0.25, 0.3) is 0 Å². The molecule has 1 aliphatic rings. The summed E-state index contributed by atoms with van der Waals surface area (Å²) in [5.74, 6) is -0.340. The molecule has 6 nitrogen and oxygen atoms in total. The zero-order chi connectivity index (χ0) is 17.6. The molecule has 0 saturated carbocycles. The van der Waals surface area contributed by atoms with Gasteiger partial charge in [0, 0.05) is 5.69 Å². The van der Waals surface area contributed by atoms with Crippen molar-refractivity contribution in [3.8, 4) is 0 Å². The molecule has 1 aliphatic heterocycles. The fraction of sp³-hybridized carbons (Fsp3) is 0.263. The third-order valence-electron chi connectivity index (χ3n) is 4.00. The van der Waals surface area contributed by atoms with Crippen molar-refractivity contribution < 1.29 is 19.4 Å². The van der Waals surface area contributed by atoms with Gasteiger partial charge in [0.15, 0.2) is 0 Å². The average Bonchev–Trinajstić information content (AvgIpc) is 2.62. The maximum absolute atomic E-state index is 12.1. The largest absolute Gasteiger partial charge is 0.386 e. The predicted molar refractivity (Wildman–Crippen MR) is 92.9 cm³/mol. The maximum Gasteiger partial charge on any atom is 0.246 e. The molecule has 2 amide bonds. The molecule has 2 aromatic carbocycles. The van der Waals surface area contributed by atoms with E-state index in [0.29, 0.717) is 17.7 Å². The van der Waals surface area contributed by atoms with E-state index in [1.807, 2.05) is 30.3 Å². The topological polar surface area (TPSA) is 87.7 Å². The minimum Gasteiger partial charge on any atom is -0.386 e. The van der Waals surface area contributed by atoms with Gasteiger partial charge in [-0.1, -0.05) is 42.5 Å². The van der Waals surface area contributed by atoms with Gasteiger partial charge in [0.2, 0.25) is 11.8 Å². The Hall–Kier alpha value is -2.70. The van der Waals surface area contributed by atoms with Crippen LogP contribution in [0.15, 0.2) is 54.6 Å². The smallest absolute Gasteiger partial charge is 0.246 e. The Balaban J connectivity index is 1.58.